The lowest BCUT2D eigenvalue weighted by Crippen LogP contribution is -2.31. The molecular weight excluding hydrogens is 308 g/mol. The number of nitrogens with one attached hydrogen (secondary N) is 1. The van der Waals surface area contributed by atoms with E-state index in [1.54, 1.807) is 25.2 Å². The monoisotopic (exact) mass is 330 g/mol. The standard InChI is InChI=1S/C18H22N2O4/c1-5-23-17-9-7-14(13(3)21)10-16(17)19-18(22)20(4)11-15-8-6-12(2)24-15/h6-10H,5,11H2,1-4H3,(H,19,22). The van der Waals surface area contributed by atoms with Gasteiger partial charge >= 0.3 is 6.03 Å². The zero-order valence-corrected chi connectivity index (χ0v) is 14.4. The van der Waals surface area contributed by atoms with E-state index < -0.39 is 0 Å². The molecule has 6 nitrogen and oxygen atoms in total. The van der Waals surface area contributed by atoms with E-state index in [0.717, 1.165) is 5.76 Å². The molecular formula is C18H22N2O4. The summed E-state index contributed by atoms with van der Waals surface area (Å²) in [5, 5.41) is 2.79. The number of carbonyl (C=O) groups is 2. The zero-order chi connectivity index (χ0) is 17.7. The Balaban J connectivity index is 2.13. The van der Waals surface area contributed by atoms with Gasteiger partial charge in [0.15, 0.2) is 5.78 Å². The second-order valence-electron chi connectivity index (χ2n) is 5.50. The van der Waals surface area contributed by atoms with Gasteiger partial charge < -0.3 is 19.4 Å². The molecule has 0 unspecified atom stereocenters. The number of ether oxygens (including phenoxy) is 1. The Hall–Kier alpha value is -2.76. The van der Waals surface area contributed by atoms with Crippen LogP contribution in [0.15, 0.2) is 34.7 Å². The predicted octanol–water partition coefficient (Wildman–Crippen LogP) is 3.85. The number of hydrogen-bond donors (Lipinski definition) is 1. The van der Waals surface area contributed by atoms with Crippen LogP contribution in [0.5, 0.6) is 5.75 Å². The van der Waals surface area contributed by atoms with E-state index >= 15 is 0 Å². The summed E-state index contributed by atoms with van der Waals surface area (Å²) in [6.45, 7) is 5.99. The Kier molecular flexibility index (Phi) is 5.63. The highest BCUT2D eigenvalue weighted by Gasteiger charge is 2.15. The van der Waals surface area contributed by atoms with Crippen LogP contribution in [0, 0.1) is 6.92 Å². The van der Waals surface area contributed by atoms with Gasteiger partial charge in [-0.25, -0.2) is 4.79 Å². The van der Waals surface area contributed by atoms with Gasteiger partial charge in [0.1, 0.15) is 17.3 Å². The molecule has 0 radical (unpaired) electrons. The van der Waals surface area contributed by atoms with Gasteiger partial charge in [-0.05, 0) is 51.1 Å². The molecule has 0 fully saturated rings. The van der Waals surface area contributed by atoms with Crippen molar-refractivity contribution in [1.82, 2.24) is 4.90 Å². The Morgan fingerprint density at radius 1 is 1.25 bits per heavy atom. The summed E-state index contributed by atoms with van der Waals surface area (Å²) in [6.07, 6.45) is 0. The smallest absolute Gasteiger partial charge is 0.322 e. The minimum absolute atomic E-state index is 0.0760. The molecule has 0 bridgehead atoms. The largest absolute Gasteiger partial charge is 0.492 e. The van der Waals surface area contributed by atoms with Crippen LogP contribution in [0.3, 0.4) is 0 Å². The van der Waals surface area contributed by atoms with E-state index in [9.17, 15) is 9.59 Å². The molecule has 128 valence electrons. The van der Waals surface area contributed by atoms with Crippen LogP contribution < -0.4 is 10.1 Å². The van der Waals surface area contributed by atoms with Crippen molar-refractivity contribution in [2.75, 3.05) is 19.0 Å². The van der Waals surface area contributed by atoms with E-state index in [4.69, 9.17) is 9.15 Å². The maximum Gasteiger partial charge on any atom is 0.322 e. The minimum Gasteiger partial charge on any atom is -0.492 e. The number of benzene rings is 1. The lowest BCUT2D eigenvalue weighted by atomic mass is 10.1. The van der Waals surface area contributed by atoms with Crippen molar-refractivity contribution >= 4 is 17.5 Å². The first-order valence-electron chi connectivity index (χ1n) is 7.76. The lowest BCUT2D eigenvalue weighted by molar-refractivity contribution is 0.101. The van der Waals surface area contributed by atoms with Crippen molar-refractivity contribution in [2.45, 2.75) is 27.3 Å². The molecule has 0 aliphatic carbocycles. The number of aryl methyl sites for hydroxylation is 1. The second-order valence-corrected chi connectivity index (χ2v) is 5.50. The van der Waals surface area contributed by atoms with Crippen molar-refractivity contribution in [1.29, 1.82) is 0 Å². The fraction of sp³-hybridized carbons (Fsp3) is 0.333. The molecule has 1 heterocycles. The van der Waals surface area contributed by atoms with Crippen LogP contribution in [0.2, 0.25) is 0 Å². The van der Waals surface area contributed by atoms with Crippen LogP contribution in [-0.4, -0.2) is 30.4 Å². The molecule has 0 saturated heterocycles. The normalized spacial score (nSPS) is 10.3. The number of carbonyl (C=O) groups excluding carboxylic acids is 2. The van der Waals surface area contributed by atoms with Crippen LogP contribution >= 0.6 is 0 Å². The van der Waals surface area contributed by atoms with E-state index in [1.165, 1.54) is 11.8 Å². The molecule has 24 heavy (non-hydrogen) atoms. The molecule has 2 amide bonds. The number of furan rings is 1. The quantitative estimate of drug-likeness (QED) is 0.817. The first kappa shape index (κ1) is 17.6. The number of nitrogens with zero attached hydrogens (tertiary/aromatic N) is 1. The topological polar surface area (TPSA) is 71.8 Å². The molecule has 1 aromatic heterocycles. The maximum atomic E-state index is 12.4. The zero-order valence-electron chi connectivity index (χ0n) is 14.4. The third-order valence-electron chi connectivity index (χ3n) is 3.46. The summed E-state index contributed by atoms with van der Waals surface area (Å²) < 4.78 is 11.0. The van der Waals surface area contributed by atoms with Crippen molar-refractivity contribution in [3.63, 3.8) is 0 Å². The Morgan fingerprint density at radius 2 is 2.00 bits per heavy atom. The van der Waals surface area contributed by atoms with Crippen LogP contribution in [-0.2, 0) is 6.54 Å². The van der Waals surface area contributed by atoms with Gasteiger partial charge in [-0.1, -0.05) is 0 Å². The SMILES string of the molecule is CCOc1ccc(C(C)=O)cc1NC(=O)N(C)Cc1ccc(C)o1. The number of amides is 2. The Morgan fingerprint density at radius 3 is 2.58 bits per heavy atom. The van der Waals surface area contributed by atoms with Crippen LogP contribution in [0.4, 0.5) is 10.5 Å². The van der Waals surface area contributed by atoms with E-state index in [1.807, 2.05) is 26.0 Å². The Labute approximate surface area is 141 Å². The molecule has 6 heteroatoms. The highest BCUT2D eigenvalue weighted by Crippen LogP contribution is 2.26. The number of rotatable bonds is 6. The number of anilines is 1. The fourth-order valence-electron chi connectivity index (χ4n) is 2.21. The van der Waals surface area contributed by atoms with Crippen LogP contribution in [0.1, 0.15) is 35.7 Å². The Bertz CT molecular complexity index is 736. The highest BCUT2D eigenvalue weighted by atomic mass is 16.5. The molecule has 0 saturated carbocycles. The highest BCUT2D eigenvalue weighted by molar-refractivity contribution is 5.97. The number of ketones is 1. The average Bonchev–Trinajstić information content (AvgIpc) is 2.94. The fourth-order valence-corrected chi connectivity index (χ4v) is 2.21. The predicted molar refractivity (Wildman–Crippen MR) is 91.5 cm³/mol. The molecule has 0 spiro atoms. The molecule has 2 rings (SSSR count). The van der Waals surface area contributed by atoms with Gasteiger partial charge in [0, 0.05) is 12.6 Å². The van der Waals surface area contributed by atoms with E-state index in [-0.39, 0.29) is 11.8 Å². The first-order valence-corrected chi connectivity index (χ1v) is 7.76. The maximum absolute atomic E-state index is 12.4. The van der Waals surface area contributed by atoms with Gasteiger partial charge in [-0.2, -0.15) is 0 Å². The number of urea groups is 1. The summed E-state index contributed by atoms with van der Waals surface area (Å²) in [7, 11) is 1.67. The second kappa shape index (κ2) is 7.68. The molecule has 0 aliphatic heterocycles. The van der Waals surface area contributed by atoms with Crippen LogP contribution in [0.25, 0.3) is 0 Å². The van der Waals surface area contributed by atoms with E-state index in [0.29, 0.717) is 35.9 Å². The summed E-state index contributed by atoms with van der Waals surface area (Å²) in [4.78, 5) is 25.4. The van der Waals surface area contributed by atoms with E-state index in [2.05, 4.69) is 5.32 Å². The number of hydrogen-bond acceptors (Lipinski definition) is 4. The van der Waals surface area contributed by atoms with Crippen molar-refractivity contribution < 1.29 is 18.7 Å². The molecule has 1 N–H and O–H groups in total. The molecule has 2 aromatic rings. The summed E-state index contributed by atoms with van der Waals surface area (Å²) in [5.74, 6) is 1.95. The first-order chi connectivity index (χ1) is 11.4. The van der Waals surface area contributed by atoms with Gasteiger partial charge in [0.2, 0.25) is 0 Å². The minimum atomic E-state index is -0.314. The van der Waals surface area contributed by atoms with Crippen molar-refractivity contribution in [2.24, 2.45) is 0 Å². The summed E-state index contributed by atoms with van der Waals surface area (Å²) >= 11 is 0. The molecule has 0 aliphatic rings. The summed E-state index contributed by atoms with van der Waals surface area (Å²) in [6, 6.07) is 8.36. The van der Waals surface area contributed by atoms with Crippen molar-refractivity contribution in [3.05, 3.63) is 47.4 Å². The van der Waals surface area contributed by atoms with Gasteiger partial charge in [0.25, 0.3) is 0 Å². The van der Waals surface area contributed by atoms with Gasteiger partial charge in [-0.3, -0.25) is 4.79 Å². The third kappa shape index (κ3) is 4.38. The summed E-state index contributed by atoms with van der Waals surface area (Å²) in [5.41, 5.74) is 0.982. The molecule has 1 aromatic carbocycles. The third-order valence-corrected chi connectivity index (χ3v) is 3.46. The van der Waals surface area contributed by atoms with Crippen molar-refractivity contribution in [3.8, 4) is 5.75 Å². The average molecular weight is 330 g/mol. The molecule has 0 atom stereocenters. The van der Waals surface area contributed by atoms with Gasteiger partial charge in [-0.15, -0.1) is 0 Å². The number of Topliss-reactive ketones (excluding diaryl/α,β-unsaturated/α-hetero) is 1. The van der Waals surface area contributed by atoms with Gasteiger partial charge in [0.05, 0.1) is 18.8 Å². The lowest BCUT2D eigenvalue weighted by Gasteiger charge is -2.18.